The molecule has 0 bridgehead atoms. The molecule has 3 aromatic rings. The smallest absolute Gasteiger partial charge is 0.303 e. The van der Waals surface area contributed by atoms with Crippen LogP contribution in [0.3, 0.4) is 0 Å². The first-order chi connectivity index (χ1) is 18.6. The Balaban J connectivity index is 1.38. The third kappa shape index (κ3) is 7.04. The summed E-state index contributed by atoms with van der Waals surface area (Å²) in [4.78, 5) is 18.8. The van der Waals surface area contributed by atoms with E-state index in [0.717, 1.165) is 34.2 Å². The molecular formula is C29H33F3N2O4S. The number of piperidine rings is 1. The molecule has 4 rings (SSSR count). The number of carboxylic acid groups (broad SMARTS) is 1. The molecule has 1 fully saturated rings. The summed E-state index contributed by atoms with van der Waals surface area (Å²) >= 11 is 1.25. The van der Waals surface area contributed by atoms with Crippen molar-refractivity contribution in [2.75, 3.05) is 32.5 Å². The van der Waals surface area contributed by atoms with Crippen molar-refractivity contribution in [2.24, 2.45) is 5.41 Å². The normalized spacial score (nSPS) is 16.4. The fourth-order valence-electron chi connectivity index (χ4n) is 5.44. The lowest BCUT2D eigenvalue weighted by Crippen LogP contribution is -2.42. The number of pyridine rings is 1. The van der Waals surface area contributed by atoms with Crippen LogP contribution in [-0.4, -0.2) is 58.6 Å². The number of rotatable bonds is 11. The molecular weight excluding hydrogens is 529 g/mol. The van der Waals surface area contributed by atoms with Gasteiger partial charge in [-0.15, -0.1) is 11.8 Å². The number of aromatic nitrogens is 1. The Morgan fingerprint density at radius 1 is 1.18 bits per heavy atom. The van der Waals surface area contributed by atoms with E-state index in [1.807, 2.05) is 25.1 Å². The number of hydrogen-bond acceptors (Lipinski definition) is 6. The van der Waals surface area contributed by atoms with Crippen molar-refractivity contribution in [1.29, 1.82) is 0 Å². The number of likely N-dealkylation sites (tertiary alicyclic amines) is 1. The van der Waals surface area contributed by atoms with E-state index in [-0.39, 0.29) is 6.42 Å². The van der Waals surface area contributed by atoms with Crippen LogP contribution in [0.2, 0.25) is 0 Å². The second-order valence-corrected chi connectivity index (χ2v) is 11.4. The molecule has 39 heavy (non-hydrogen) atoms. The number of aryl methyl sites for hydroxylation is 1. The lowest BCUT2D eigenvalue weighted by atomic mass is 9.71. The number of fused-ring (bicyclic) bond motifs is 1. The Morgan fingerprint density at radius 3 is 2.51 bits per heavy atom. The monoisotopic (exact) mass is 562 g/mol. The molecule has 0 spiro atoms. The van der Waals surface area contributed by atoms with Crippen LogP contribution in [-0.2, 0) is 4.79 Å². The number of methoxy groups -OCH3 is 1. The third-order valence-electron chi connectivity index (χ3n) is 7.67. The SMILES string of the molecule is COc1ccc2ncc(C)c([C@H](O)CCC3(CC(=O)O)CCN(CCSc4cc(F)c(F)c(F)c4)CC3)c2c1. The van der Waals surface area contributed by atoms with Gasteiger partial charge in [0.05, 0.1) is 25.2 Å². The minimum atomic E-state index is -1.47. The minimum Gasteiger partial charge on any atom is -0.497 e. The number of hydrogen-bond donors (Lipinski definition) is 2. The maximum Gasteiger partial charge on any atom is 0.303 e. The molecule has 0 aliphatic carbocycles. The molecule has 1 aromatic heterocycles. The summed E-state index contributed by atoms with van der Waals surface area (Å²) in [5.41, 5.74) is 1.97. The van der Waals surface area contributed by atoms with Gasteiger partial charge in [0, 0.05) is 28.8 Å². The maximum atomic E-state index is 13.5. The fraction of sp³-hybridized carbons (Fsp3) is 0.448. The van der Waals surface area contributed by atoms with Gasteiger partial charge in [0.1, 0.15) is 5.75 Å². The van der Waals surface area contributed by atoms with Crippen molar-refractivity contribution in [3.05, 3.63) is 65.1 Å². The van der Waals surface area contributed by atoms with Crippen LogP contribution >= 0.6 is 11.8 Å². The molecule has 2 aromatic carbocycles. The number of halogens is 3. The Hall–Kier alpha value is -2.82. The van der Waals surface area contributed by atoms with Crippen LogP contribution in [0.15, 0.2) is 41.4 Å². The van der Waals surface area contributed by atoms with E-state index in [1.54, 1.807) is 13.3 Å². The van der Waals surface area contributed by atoms with Gasteiger partial charge in [0.25, 0.3) is 0 Å². The van der Waals surface area contributed by atoms with Crippen molar-refractivity contribution < 1.29 is 32.9 Å². The van der Waals surface area contributed by atoms with Gasteiger partial charge in [-0.1, -0.05) is 0 Å². The molecule has 210 valence electrons. The highest BCUT2D eigenvalue weighted by molar-refractivity contribution is 7.99. The molecule has 1 aliphatic rings. The topological polar surface area (TPSA) is 82.9 Å². The summed E-state index contributed by atoms with van der Waals surface area (Å²) in [6.45, 7) is 3.93. The number of benzene rings is 2. The molecule has 2 heterocycles. The molecule has 1 atom stereocenters. The molecule has 1 saturated heterocycles. The number of carboxylic acids is 1. The predicted octanol–water partition coefficient (Wildman–Crippen LogP) is 6.13. The minimum absolute atomic E-state index is 0.0281. The van der Waals surface area contributed by atoms with Crippen LogP contribution in [0, 0.1) is 29.8 Å². The van der Waals surface area contributed by atoms with Gasteiger partial charge in [0.2, 0.25) is 0 Å². The maximum absolute atomic E-state index is 13.5. The van der Waals surface area contributed by atoms with Gasteiger partial charge in [-0.05, 0) is 92.6 Å². The van der Waals surface area contributed by atoms with Crippen LogP contribution in [0.1, 0.15) is 49.3 Å². The Kier molecular flexibility index (Phi) is 9.40. The van der Waals surface area contributed by atoms with Crippen LogP contribution in [0.5, 0.6) is 5.75 Å². The summed E-state index contributed by atoms with van der Waals surface area (Å²) in [5.74, 6) is -3.50. The first kappa shape index (κ1) is 29.2. The zero-order valence-corrected chi connectivity index (χ0v) is 22.9. The number of aliphatic carboxylic acids is 1. The van der Waals surface area contributed by atoms with Crippen LogP contribution < -0.4 is 4.74 Å². The molecule has 10 heteroatoms. The van der Waals surface area contributed by atoms with Crippen LogP contribution in [0.4, 0.5) is 13.2 Å². The van der Waals surface area contributed by atoms with E-state index in [2.05, 4.69) is 9.88 Å². The summed E-state index contributed by atoms with van der Waals surface area (Å²) in [7, 11) is 1.59. The van der Waals surface area contributed by atoms with E-state index >= 15 is 0 Å². The van der Waals surface area contributed by atoms with Crippen molar-refractivity contribution in [2.45, 2.75) is 50.0 Å². The molecule has 0 radical (unpaired) electrons. The van der Waals surface area contributed by atoms with Crippen molar-refractivity contribution in [1.82, 2.24) is 9.88 Å². The average Bonchev–Trinajstić information content (AvgIpc) is 2.90. The van der Waals surface area contributed by atoms with Gasteiger partial charge in [-0.3, -0.25) is 9.78 Å². The number of carbonyl (C=O) groups is 1. The first-order valence-electron chi connectivity index (χ1n) is 12.9. The fourth-order valence-corrected chi connectivity index (χ4v) is 6.40. The second kappa shape index (κ2) is 12.6. The average molecular weight is 563 g/mol. The summed E-state index contributed by atoms with van der Waals surface area (Å²) < 4.78 is 45.5. The molecule has 0 amide bonds. The first-order valence-corrected chi connectivity index (χ1v) is 13.9. The summed E-state index contributed by atoms with van der Waals surface area (Å²) in [6.07, 6.45) is 3.30. The Bertz CT molecular complexity index is 1310. The van der Waals surface area contributed by atoms with Crippen molar-refractivity contribution in [3.8, 4) is 5.75 Å². The standard InChI is InChI=1S/C29H33F3N2O4S/c1-18-17-33-24-4-3-19(38-2)13-21(24)27(18)25(35)5-6-29(16-26(36)37)7-9-34(10-8-29)11-12-39-20-14-22(30)28(32)23(31)15-20/h3-4,13-15,17,25,35H,5-12,16H2,1-2H3,(H,36,37)/t25-/m1/s1. The number of thioether (sulfide) groups is 1. The number of aliphatic hydroxyl groups excluding tert-OH is 1. The van der Waals surface area contributed by atoms with Gasteiger partial charge >= 0.3 is 5.97 Å². The van der Waals surface area contributed by atoms with Gasteiger partial charge < -0.3 is 19.8 Å². The molecule has 0 unspecified atom stereocenters. The van der Waals surface area contributed by atoms with Crippen LogP contribution in [0.25, 0.3) is 10.9 Å². The number of aliphatic hydroxyl groups is 1. The molecule has 1 aliphatic heterocycles. The van der Waals surface area contributed by atoms with Crippen molar-refractivity contribution >= 4 is 28.6 Å². The predicted molar refractivity (Wildman–Crippen MR) is 145 cm³/mol. The van der Waals surface area contributed by atoms with E-state index in [4.69, 9.17) is 4.74 Å². The summed E-state index contributed by atoms with van der Waals surface area (Å²) in [6, 6.07) is 7.53. The molecule has 6 nitrogen and oxygen atoms in total. The van der Waals surface area contributed by atoms with Gasteiger partial charge in [0.15, 0.2) is 17.5 Å². The Morgan fingerprint density at radius 2 is 1.87 bits per heavy atom. The second-order valence-electron chi connectivity index (χ2n) is 10.3. The Labute approximate surface area is 230 Å². The zero-order chi connectivity index (χ0) is 28.2. The number of ether oxygens (including phenoxy) is 1. The third-order valence-corrected chi connectivity index (χ3v) is 8.63. The highest BCUT2D eigenvalue weighted by Crippen LogP contribution is 2.42. The van der Waals surface area contributed by atoms with Gasteiger partial charge in [-0.25, -0.2) is 13.2 Å². The lowest BCUT2D eigenvalue weighted by Gasteiger charge is -2.41. The van der Waals surface area contributed by atoms with E-state index in [1.165, 1.54) is 11.8 Å². The zero-order valence-electron chi connectivity index (χ0n) is 22.1. The largest absolute Gasteiger partial charge is 0.497 e. The van der Waals surface area contributed by atoms with Crippen molar-refractivity contribution in [3.63, 3.8) is 0 Å². The number of nitrogens with zero attached hydrogens (tertiary/aromatic N) is 2. The molecule has 2 N–H and O–H groups in total. The quantitative estimate of drug-likeness (QED) is 0.215. The van der Waals surface area contributed by atoms with E-state index in [9.17, 15) is 28.2 Å². The van der Waals surface area contributed by atoms with E-state index < -0.39 is 34.9 Å². The van der Waals surface area contributed by atoms with E-state index in [0.29, 0.717) is 61.7 Å². The highest BCUT2D eigenvalue weighted by Gasteiger charge is 2.37. The highest BCUT2D eigenvalue weighted by atomic mass is 32.2. The van der Waals surface area contributed by atoms with Gasteiger partial charge in [-0.2, -0.15) is 0 Å². The lowest BCUT2D eigenvalue weighted by molar-refractivity contribution is -0.141. The molecule has 0 saturated carbocycles. The summed E-state index contributed by atoms with van der Waals surface area (Å²) in [5, 5.41) is 21.8.